The molecule has 2 rings (SSSR count). The highest BCUT2D eigenvalue weighted by molar-refractivity contribution is 6.32. The maximum Gasteiger partial charge on any atom is 0.313 e. The van der Waals surface area contributed by atoms with E-state index in [-0.39, 0.29) is 18.1 Å². The summed E-state index contributed by atoms with van der Waals surface area (Å²) in [5.74, 6) is -0.0257. The van der Waals surface area contributed by atoms with Gasteiger partial charge in [-0.2, -0.15) is 0 Å². The van der Waals surface area contributed by atoms with Gasteiger partial charge < -0.3 is 18.8 Å². The first kappa shape index (κ1) is 16.9. The SMILES string of the molecule is COC(=O)Cc1occc1C(=O)N(C)c1ccc(OC)c(Cl)c1. The molecule has 1 aromatic carbocycles. The number of hydrogen-bond acceptors (Lipinski definition) is 5. The van der Waals surface area contributed by atoms with Crippen LogP contribution in [-0.4, -0.2) is 33.1 Å². The van der Waals surface area contributed by atoms with Crippen LogP contribution in [0.25, 0.3) is 0 Å². The lowest BCUT2D eigenvalue weighted by atomic mass is 10.1. The van der Waals surface area contributed by atoms with Crippen LogP contribution in [0.3, 0.4) is 0 Å². The van der Waals surface area contributed by atoms with Crippen LogP contribution in [0.4, 0.5) is 5.69 Å². The van der Waals surface area contributed by atoms with Gasteiger partial charge in [0.15, 0.2) is 0 Å². The van der Waals surface area contributed by atoms with E-state index in [1.165, 1.54) is 31.4 Å². The molecule has 0 saturated carbocycles. The fraction of sp³-hybridized carbons (Fsp3) is 0.250. The second-order valence-corrected chi connectivity index (χ2v) is 5.10. The molecular formula is C16H16ClNO5. The Hall–Kier alpha value is -2.47. The number of carbonyl (C=O) groups excluding carboxylic acids is 2. The monoisotopic (exact) mass is 337 g/mol. The third-order valence-corrected chi connectivity index (χ3v) is 3.63. The van der Waals surface area contributed by atoms with Crippen molar-refractivity contribution in [2.75, 3.05) is 26.2 Å². The van der Waals surface area contributed by atoms with Crippen LogP contribution in [0.1, 0.15) is 16.1 Å². The molecule has 23 heavy (non-hydrogen) atoms. The van der Waals surface area contributed by atoms with Crippen LogP contribution in [0.5, 0.6) is 5.75 Å². The zero-order valence-electron chi connectivity index (χ0n) is 13.0. The average molecular weight is 338 g/mol. The summed E-state index contributed by atoms with van der Waals surface area (Å²) in [4.78, 5) is 25.4. The second kappa shape index (κ2) is 7.19. The van der Waals surface area contributed by atoms with E-state index in [1.807, 2.05) is 0 Å². The fourth-order valence-corrected chi connectivity index (χ4v) is 2.29. The second-order valence-electron chi connectivity index (χ2n) is 4.69. The van der Waals surface area contributed by atoms with Crippen molar-refractivity contribution < 1.29 is 23.5 Å². The van der Waals surface area contributed by atoms with E-state index in [0.717, 1.165) is 0 Å². The van der Waals surface area contributed by atoms with Gasteiger partial charge in [0.05, 0.1) is 31.1 Å². The van der Waals surface area contributed by atoms with Crippen LogP contribution in [-0.2, 0) is 16.0 Å². The summed E-state index contributed by atoms with van der Waals surface area (Å²) in [6.45, 7) is 0. The largest absolute Gasteiger partial charge is 0.495 e. The van der Waals surface area contributed by atoms with Gasteiger partial charge in [0, 0.05) is 12.7 Å². The molecule has 0 saturated heterocycles. The van der Waals surface area contributed by atoms with Crippen molar-refractivity contribution in [2.45, 2.75) is 6.42 Å². The molecule has 1 heterocycles. The third-order valence-electron chi connectivity index (χ3n) is 3.34. The molecule has 122 valence electrons. The predicted molar refractivity (Wildman–Crippen MR) is 85.2 cm³/mol. The minimum Gasteiger partial charge on any atom is -0.495 e. The molecule has 1 amide bonds. The number of carbonyl (C=O) groups is 2. The number of halogens is 1. The summed E-state index contributed by atoms with van der Waals surface area (Å²) < 4.78 is 14.9. The summed E-state index contributed by atoms with van der Waals surface area (Å²) in [7, 11) is 4.40. The smallest absolute Gasteiger partial charge is 0.313 e. The first-order valence-corrected chi connectivity index (χ1v) is 7.10. The van der Waals surface area contributed by atoms with Gasteiger partial charge in [0.1, 0.15) is 17.9 Å². The molecule has 0 aliphatic carbocycles. The Morgan fingerprint density at radius 2 is 2.00 bits per heavy atom. The van der Waals surface area contributed by atoms with Crippen molar-refractivity contribution in [3.8, 4) is 5.75 Å². The van der Waals surface area contributed by atoms with Crippen LogP contribution >= 0.6 is 11.6 Å². The minimum absolute atomic E-state index is 0.109. The maximum atomic E-state index is 12.6. The molecule has 0 radical (unpaired) electrons. The summed E-state index contributed by atoms with van der Waals surface area (Å²) >= 11 is 6.08. The molecule has 0 atom stereocenters. The highest BCUT2D eigenvalue weighted by atomic mass is 35.5. The van der Waals surface area contributed by atoms with Crippen molar-refractivity contribution in [1.29, 1.82) is 0 Å². The Labute approximate surface area is 138 Å². The predicted octanol–water partition coefficient (Wildman–Crippen LogP) is 2.93. The van der Waals surface area contributed by atoms with E-state index < -0.39 is 5.97 Å². The standard InChI is InChI=1S/C16H16ClNO5/c1-18(10-4-5-13(21-2)12(17)8-10)16(20)11-6-7-23-14(11)9-15(19)22-3/h4-8H,9H2,1-3H3. The highest BCUT2D eigenvalue weighted by Crippen LogP contribution is 2.29. The van der Waals surface area contributed by atoms with Gasteiger partial charge in [0.2, 0.25) is 0 Å². The number of benzene rings is 1. The van der Waals surface area contributed by atoms with Gasteiger partial charge in [-0.25, -0.2) is 0 Å². The van der Waals surface area contributed by atoms with E-state index in [4.69, 9.17) is 20.8 Å². The van der Waals surface area contributed by atoms with Gasteiger partial charge in [0.25, 0.3) is 5.91 Å². The number of hydrogen-bond donors (Lipinski definition) is 0. The molecule has 7 heteroatoms. The molecule has 0 aliphatic rings. The number of amides is 1. The number of rotatable bonds is 5. The molecule has 6 nitrogen and oxygen atoms in total. The van der Waals surface area contributed by atoms with Crippen molar-refractivity contribution in [2.24, 2.45) is 0 Å². The number of nitrogens with zero attached hydrogens (tertiary/aromatic N) is 1. The van der Waals surface area contributed by atoms with Crippen LogP contribution in [0.2, 0.25) is 5.02 Å². The molecule has 0 spiro atoms. The highest BCUT2D eigenvalue weighted by Gasteiger charge is 2.22. The number of methoxy groups -OCH3 is 2. The number of esters is 1. The molecule has 0 unspecified atom stereocenters. The fourth-order valence-electron chi connectivity index (χ4n) is 2.03. The minimum atomic E-state index is -0.482. The molecule has 2 aromatic rings. The van der Waals surface area contributed by atoms with E-state index >= 15 is 0 Å². The summed E-state index contributed by atoms with van der Waals surface area (Å²) in [6, 6.07) is 6.52. The van der Waals surface area contributed by atoms with Gasteiger partial charge in [-0.15, -0.1) is 0 Å². The number of anilines is 1. The van der Waals surface area contributed by atoms with Crippen molar-refractivity contribution >= 4 is 29.2 Å². The van der Waals surface area contributed by atoms with E-state index in [2.05, 4.69) is 4.74 Å². The molecule has 0 fully saturated rings. The van der Waals surface area contributed by atoms with Crippen molar-refractivity contribution in [3.63, 3.8) is 0 Å². The van der Waals surface area contributed by atoms with Gasteiger partial charge in [-0.05, 0) is 24.3 Å². The quantitative estimate of drug-likeness (QED) is 0.785. The first-order valence-electron chi connectivity index (χ1n) is 6.72. The molecule has 0 bridgehead atoms. The zero-order valence-corrected chi connectivity index (χ0v) is 13.7. The molecule has 0 aliphatic heterocycles. The Kier molecular flexibility index (Phi) is 5.28. The van der Waals surface area contributed by atoms with Crippen molar-refractivity contribution in [3.05, 3.63) is 46.9 Å². The lowest BCUT2D eigenvalue weighted by Gasteiger charge is -2.18. The first-order chi connectivity index (χ1) is 11.0. The molecule has 1 aromatic heterocycles. The van der Waals surface area contributed by atoms with Crippen LogP contribution < -0.4 is 9.64 Å². The zero-order chi connectivity index (χ0) is 17.0. The van der Waals surface area contributed by atoms with Crippen molar-refractivity contribution in [1.82, 2.24) is 0 Å². The Bertz CT molecular complexity index is 725. The van der Waals surface area contributed by atoms with E-state index in [0.29, 0.717) is 22.0 Å². The number of furan rings is 1. The van der Waals surface area contributed by atoms with Gasteiger partial charge in [-0.3, -0.25) is 9.59 Å². The lowest BCUT2D eigenvalue weighted by Crippen LogP contribution is -2.27. The third kappa shape index (κ3) is 3.65. The molecule has 0 N–H and O–H groups in total. The van der Waals surface area contributed by atoms with Gasteiger partial charge >= 0.3 is 5.97 Å². The Balaban J connectivity index is 2.25. The van der Waals surface area contributed by atoms with Crippen LogP contribution in [0, 0.1) is 0 Å². The van der Waals surface area contributed by atoms with E-state index in [9.17, 15) is 9.59 Å². The summed E-state index contributed by atoms with van der Waals surface area (Å²) in [5.41, 5.74) is 0.885. The topological polar surface area (TPSA) is 69.0 Å². The Morgan fingerprint density at radius 3 is 2.61 bits per heavy atom. The average Bonchev–Trinajstić information content (AvgIpc) is 3.01. The normalized spacial score (nSPS) is 10.3. The van der Waals surface area contributed by atoms with Crippen LogP contribution in [0.15, 0.2) is 34.9 Å². The summed E-state index contributed by atoms with van der Waals surface area (Å²) in [5, 5.41) is 0.395. The number of ether oxygens (including phenoxy) is 2. The molecular weight excluding hydrogens is 322 g/mol. The lowest BCUT2D eigenvalue weighted by molar-refractivity contribution is -0.140. The van der Waals surface area contributed by atoms with E-state index in [1.54, 1.807) is 25.2 Å². The Morgan fingerprint density at radius 1 is 1.26 bits per heavy atom. The van der Waals surface area contributed by atoms with Gasteiger partial charge in [-0.1, -0.05) is 11.6 Å². The summed E-state index contributed by atoms with van der Waals surface area (Å²) in [6.07, 6.45) is 1.25. The maximum absolute atomic E-state index is 12.6.